The van der Waals surface area contributed by atoms with Crippen molar-refractivity contribution >= 4 is 28.9 Å². The number of esters is 1. The van der Waals surface area contributed by atoms with Crippen LogP contribution in [-0.2, 0) is 17.6 Å². The number of likely N-dealkylation sites (tertiary alicyclic amines) is 1. The lowest BCUT2D eigenvalue weighted by Crippen LogP contribution is -2.38. The maximum atomic E-state index is 12.9. The molecule has 1 aromatic carbocycles. The summed E-state index contributed by atoms with van der Waals surface area (Å²) in [5.74, 6) is -0.664. The fourth-order valence-electron chi connectivity index (χ4n) is 3.97. The fraction of sp³-hybridized carbons (Fsp3) is 0.450. The lowest BCUT2D eigenvalue weighted by atomic mass is 9.96. The SMILES string of the molecule is COC(=O)c1cc(C(=O)N2CCC(c3nc4c(s3)CCC4)CC2)cc([N+](=O)[O-])c1. The average molecular weight is 415 g/mol. The van der Waals surface area contributed by atoms with Crippen molar-refractivity contribution in [1.29, 1.82) is 0 Å². The van der Waals surface area contributed by atoms with Crippen molar-refractivity contribution in [3.8, 4) is 0 Å². The number of hydrogen-bond donors (Lipinski definition) is 0. The number of nitro groups is 1. The molecule has 1 aliphatic carbocycles. The fourth-order valence-corrected chi connectivity index (χ4v) is 5.30. The number of aromatic nitrogens is 1. The van der Waals surface area contributed by atoms with Crippen LogP contribution in [0.5, 0.6) is 0 Å². The summed E-state index contributed by atoms with van der Waals surface area (Å²) >= 11 is 1.81. The molecule has 0 bridgehead atoms. The third-order valence-corrected chi connectivity index (χ3v) is 6.86. The zero-order valence-electron chi connectivity index (χ0n) is 16.1. The molecule has 0 atom stereocenters. The third kappa shape index (κ3) is 3.87. The van der Waals surface area contributed by atoms with Gasteiger partial charge in [0.1, 0.15) is 0 Å². The molecule has 8 nitrogen and oxygen atoms in total. The normalized spacial score (nSPS) is 16.5. The van der Waals surface area contributed by atoms with Crippen LogP contribution in [0, 0.1) is 10.1 Å². The number of non-ortho nitro benzene ring substituents is 1. The van der Waals surface area contributed by atoms with Crippen LogP contribution in [0.15, 0.2) is 18.2 Å². The topological polar surface area (TPSA) is 103 Å². The van der Waals surface area contributed by atoms with E-state index in [-0.39, 0.29) is 22.7 Å². The number of piperidine rings is 1. The monoisotopic (exact) mass is 415 g/mol. The molecule has 2 aliphatic rings. The van der Waals surface area contributed by atoms with Crippen molar-refractivity contribution < 1.29 is 19.2 Å². The number of benzene rings is 1. The number of nitrogens with zero attached hydrogens (tertiary/aromatic N) is 3. The number of fused-ring (bicyclic) bond motifs is 1. The summed E-state index contributed by atoms with van der Waals surface area (Å²) in [5, 5.41) is 12.4. The number of ether oxygens (including phenoxy) is 1. The predicted octanol–water partition coefficient (Wildman–Crippen LogP) is 3.35. The Hall–Kier alpha value is -2.81. The Kier molecular flexibility index (Phi) is 5.31. The van der Waals surface area contributed by atoms with Crippen LogP contribution in [0.4, 0.5) is 5.69 Å². The molecule has 152 valence electrons. The molecule has 9 heteroatoms. The third-order valence-electron chi connectivity index (χ3n) is 5.54. The van der Waals surface area contributed by atoms with Crippen molar-refractivity contribution in [3.05, 3.63) is 55.0 Å². The number of nitro benzene ring substituents is 1. The highest BCUT2D eigenvalue weighted by molar-refractivity contribution is 7.11. The second-order valence-electron chi connectivity index (χ2n) is 7.36. The molecule has 4 rings (SSSR count). The van der Waals surface area contributed by atoms with Gasteiger partial charge in [-0.25, -0.2) is 9.78 Å². The molecular formula is C20H21N3O5S. The van der Waals surface area contributed by atoms with Crippen LogP contribution in [0.25, 0.3) is 0 Å². The summed E-state index contributed by atoms with van der Waals surface area (Å²) < 4.78 is 4.65. The molecule has 1 saturated heterocycles. The maximum absolute atomic E-state index is 12.9. The summed E-state index contributed by atoms with van der Waals surface area (Å²) in [4.78, 5) is 43.2. The van der Waals surface area contributed by atoms with Crippen LogP contribution in [0.2, 0.25) is 0 Å². The molecule has 1 amide bonds. The minimum Gasteiger partial charge on any atom is -0.465 e. The summed E-state index contributed by atoms with van der Waals surface area (Å²) in [6.45, 7) is 1.12. The lowest BCUT2D eigenvalue weighted by molar-refractivity contribution is -0.384. The first-order valence-electron chi connectivity index (χ1n) is 9.62. The molecule has 0 unspecified atom stereocenters. The second-order valence-corrected chi connectivity index (χ2v) is 8.47. The van der Waals surface area contributed by atoms with Gasteiger partial charge in [0.25, 0.3) is 11.6 Å². The van der Waals surface area contributed by atoms with Gasteiger partial charge in [-0.15, -0.1) is 11.3 Å². The van der Waals surface area contributed by atoms with Gasteiger partial charge >= 0.3 is 5.97 Å². The van der Waals surface area contributed by atoms with Gasteiger partial charge in [0.05, 0.1) is 28.3 Å². The summed E-state index contributed by atoms with van der Waals surface area (Å²) in [5.41, 5.74) is 1.07. The number of thiazole rings is 1. The molecule has 2 heterocycles. The Morgan fingerprint density at radius 2 is 1.93 bits per heavy atom. The molecule has 1 aliphatic heterocycles. The molecule has 0 N–H and O–H groups in total. The molecule has 2 aromatic rings. The van der Waals surface area contributed by atoms with Gasteiger partial charge in [-0.1, -0.05) is 0 Å². The van der Waals surface area contributed by atoms with E-state index in [1.165, 1.54) is 41.2 Å². The van der Waals surface area contributed by atoms with Crippen molar-refractivity contribution in [2.24, 2.45) is 0 Å². The largest absolute Gasteiger partial charge is 0.465 e. The van der Waals surface area contributed by atoms with Gasteiger partial charge in [0.2, 0.25) is 0 Å². The minimum atomic E-state index is -0.710. The van der Waals surface area contributed by atoms with Crippen LogP contribution in [-0.4, -0.2) is 46.9 Å². The Morgan fingerprint density at radius 3 is 2.59 bits per heavy atom. The Balaban J connectivity index is 1.48. The minimum absolute atomic E-state index is 0.00256. The van der Waals surface area contributed by atoms with Gasteiger partial charge < -0.3 is 9.64 Å². The summed E-state index contributed by atoms with van der Waals surface area (Å²) in [7, 11) is 1.20. The van der Waals surface area contributed by atoms with Crippen LogP contribution in [0.1, 0.15) is 61.5 Å². The first kappa shape index (κ1) is 19.5. The van der Waals surface area contributed by atoms with Crippen molar-refractivity contribution in [3.63, 3.8) is 0 Å². The standard InChI is InChI=1S/C20H21N3O5S/c1-28-20(25)14-9-13(10-15(11-14)23(26)27)19(24)22-7-5-12(6-8-22)18-21-16-3-2-4-17(16)29-18/h9-12H,2-8H2,1H3. The van der Waals surface area contributed by atoms with E-state index in [1.54, 1.807) is 16.2 Å². The number of rotatable bonds is 4. The zero-order chi connectivity index (χ0) is 20.5. The smallest absolute Gasteiger partial charge is 0.338 e. The average Bonchev–Trinajstić information content (AvgIpc) is 3.34. The van der Waals surface area contributed by atoms with Gasteiger partial charge in [-0.3, -0.25) is 14.9 Å². The molecular weight excluding hydrogens is 394 g/mol. The van der Waals surface area contributed by atoms with E-state index in [4.69, 9.17) is 4.98 Å². The van der Waals surface area contributed by atoms with Gasteiger partial charge in [-0.05, 0) is 38.2 Å². The van der Waals surface area contributed by atoms with Crippen LogP contribution in [0.3, 0.4) is 0 Å². The van der Waals surface area contributed by atoms with Crippen molar-refractivity contribution in [2.75, 3.05) is 20.2 Å². The Bertz CT molecular complexity index is 957. The number of hydrogen-bond acceptors (Lipinski definition) is 7. The summed E-state index contributed by atoms with van der Waals surface area (Å²) in [6.07, 6.45) is 5.02. The van der Waals surface area contributed by atoms with E-state index in [0.29, 0.717) is 19.0 Å². The molecule has 0 radical (unpaired) electrons. The van der Waals surface area contributed by atoms with Crippen LogP contribution >= 0.6 is 11.3 Å². The molecule has 1 aromatic heterocycles. The number of carbonyl (C=O) groups excluding carboxylic acids is 2. The molecule has 0 saturated carbocycles. The number of aryl methyl sites for hydroxylation is 2. The Labute approximate surface area is 171 Å². The van der Waals surface area contributed by atoms with E-state index in [1.807, 2.05) is 0 Å². The molecule has 29 heavy (non-hydrogen) atoms. The van der Waals surface area contributed by atoms with Crippen molar-refractivity contribution in [2.45, 2.75) is 38.0 Å². The van der Waals surface area contributed by atoms with E-state index in [2.05, 4.69) is 4.74 Å². The highest BCUT2D eigenvalue weighted by Gasteiger charge is 2.29. The first-order valence-corrected chi connectivity index (χ1v) is 10.4. The van der Waals surface area contributed by atoms with Gasteiger partial charge in [-0.2, -0.15) is 0 Å². The second kappa shape index (κ2) is 7.90. The lowest BCUT2D eigenvalue weighted by Gasteiger charge is -2.31. The van der Waals surface area contributed by atoms with Gasteiger partial charge in [0, 0.05) is 41.6 Å². The zero-order valence-corrected chi connectivity index (χ0v) is 16.9. The number of amides is 1. The van der Waals surface area contributed by atoms with Crippen LogP contribution < -0.4 is 0 Å². The highest BCUT2D eigenvalue weighted by atomic mass is 32.1. The van der Waals surface area contributed by atoms with Crippen molar-refractivity contribution in [1.82, 2.24) is 9.88 Å². The van der Waals surface area contributed by atoms with E-state index in [0.717, 1.165) is 31.7 Å². The first-order chi connectivity index (χ1) is 14.0. The van der Waals surface area contributed by atoms with Gasteiger partial charge in [0.15, 0.2) is 0 Å². The molecule has 1 fully saturated rings. The van der Waals surface area contributed by atoms with E-state index < -0.39 is 10.9 Å². The van der Waals surface area contributed by atoms with E-state index in [9.17, 15) is 19.7 Å². The van der Waals surface area contributed by atoms with E-state index >= 15 is 0 Å². The Morgan fingerprint density at radius 1 is 1.21 bits per heavy atom. The quantitative estimate of drug-likeness (QED) is 0.431. The number of carbonyl (C=O) groups is 2. The number of methoxy groups -OCH3 is 1. The summed E-state index contributed by atoms with van der Waals surface area (Å²) in [6, 6.07) is 3.70. The highest BCUT2D eigenvalue weighted by Crippen LogP contribution is 2.36. The molecule has 0 spiro atoms. The maximum Gasteiger partial charge on any atom is 0.338 e. The predicted molar refractivity (Wildman–Crippen MR) is 106 cm³/mol.